The van der Waals surface area contributed by atoms with Gasteiger partial charge in [0, 0.05) is 27.5 Å². The molecule has 0 saturated carbocycles. The van der Waals surface area contributed by atoms with Crippen LogP contribution in [-0.4, -0.2) is 0 Å². The van der Waals surface area contributed by atoms with Crippen molar-refractivity contribution in [2.75, 3.05) is 0 Å². The zero-order valence-electron chi connectivity index (χ0n) is 4.29. The normalized spacial score (nSPS) is 17.4. The molecule has 0 heterocycles. The molecule has 0 aromatic carbocycles. The molecule has 0 spiro atoms. The molecular formula is C6H2BrClF+. The zero-order chi connectivity index (χ0) is 6.85. The largest absolute Gasteiger partial charge is 0.304 e. The van der Waals surface area contributed by atoms with Crippen LogP contribution < -0.4 is 0 Å². The van der Waals surface area contributed by atoms with Crippen molar-refractivity contribution in [1.82, 2.24) is 0 Å². The molecular weight excluding hydrogens is 206 g/mol. The highest BCUT2D eigenvalue weighted by atomic mass is 79.9. The highest BCUT2D eigenvalue weighted by Crippen LogP contribution is 2.23. The molecule has 1 rings (SSSR count). The predicted octanol–water partition coefficient (Wildman–Crippen LogP) is 3.06. The molecule has 0 unspecified atom stereocenters. The molecule has 1 aliphatic carbocycles. The topological polar surface area (TPSA) is 0 Å². The van der Waals surface area contributed by atoms with Crippen LogP contribution in [0.5, 0.6) is 0 Å². The van der Waals surface area contributed by atoms with Gasteiger partial charge in [0.2, 0.25) is 0 Å². The Balaban J connectivity index is 3.01. The van der Waals surface area contributed by atoms with Crippen LogP contribution in [-0.2, 0) is 0 Å². The number of halogens is 3. The second-order valence-electron chi connectivity index (χ2n) is 1.48. The summed E-state index contributed by atoms with van der Waals surface area (Å²) in [6.07, 6.45) is 5.28. The number of hydrogen-bond donors (Lipinski definition) is 0. The van der Waals surface area contributed by atoms with Crippen LogP contribution in [0.15, 0.2) is 27.5 Å². The average Bonchev–Trinajstić information content (AvgIpc) is 1.80. The minimum atomic E-state index is -0.514. The van der Waals surface area contributed by atoms with Crippen molar-refractivity contribution in [3.63, 3.8) is 0 Å². The molecule has 0 aromatic rings. The van der Waals surface area contributed by atoms with Crippen LogP contribution in [0.2, 0.25) is 0 Å². The summed E-state index contributed by atoms with van der Waals surface area (Å²) in [4.78, 5) is 0. The van der Waals surface area contributed by atoms with E-state index >= 15 is 0 Å². The molecule has 0 bridgehead atoms. The summed E-state index contributed by atoms with van der Waals surface area (Å²) in [5.41, 5.74) is 0. The lowest BCUT2D eigenvalue weighted by atomic mass is 10.3. The first-order valence-electron chi connectivity index (χ1n) is 2.22. The van der Waals surface area contributed by atoms with E-state index in [1.54, 1.807) is 0 Å². The van der Waals surface area contributed by atoms with E-state index in [9.17, 15) is 4.39 Å². The molecule has 0 N–H and O–H groups in total. The fourth-order valence-corrected chi connectivity index (χ4v) is 1.07. The van der Waals surface area contributed by atoms with E-state index in [2.05, 4.69) is 22.0 Å². The molecule has 0 radical (unpaired) electrons. The number of allylic oxidation sites excluding steroid dienone is 6. The van der Waals surface area contributed by atoms with Crippen LogP contribution in [0.25, 0.3) is 0 Å². The first-order chi connectivity index (χ1) is 4.20. The van der Waals surface area contributed by atoms with Crippen molar-refractivity contribution in [1.29, 1.82) is 0 Å². The summed E-state index contributed by atoms with van der Waals surface area (Å²) >= 11 is 8.49. The predicted molar refractivity (Wildman–Crippen MR) is 38.8 cm³/mol. The minimum absolute atomic E-state index is 0.0874. The van der Waals surface area contributed by atoms with E-state index in [1.807, 2.05) is 0 Å². The van der Waals surface area contributed by atoms with Crippen molar-refractivity contribution < 1.29 is 4.39 Å². The molecule has 0 saturated heterocycles. The van der Waals surface area contributed by atoms with E-state index in [1.165, 1.54) is 12.2 Å². The molecule has 46 valence electrons. The Bertz CT molecular complexity index is 215. The maximum atomic E-state index is 12.3. The highest BCUT2D eigenvalue weighted by molar-refractivity contribution is 9.11. The van der Waals surface area contributed by atoms with Crippen LogP contribution in [0.3, 0.4) is 0 Å². The second kappa shape index (κ2) is 2.61. The van der Waals surface area contributed by atoms with Crippen LogP contribution in [0.1, 0.15) is 0 Å². The summed E-state index contributed by atoms with van der Waals surface area (Å²) < 4.78 is 13.0. The van der Waals surface area contributed by atoms with Gasteiger partial charge in [0.25, 0.3) is 0 Å². The lowest BCUT2D eigenvalue weighted by Crippen LogP contribution is -1.79. The standard InChI is InChI=1S/C6H2BrClF/c7-4-1-2-6(9)5(8)3-4/h1,3H/q+1. The Morgan fingerprint density at radius 2 is 2.33 bits per heavy atom. The third kappa shape index (κ3) is 1.62. The molecule has 0 atom stereocenters. The SMILES string of the molecule is FC1=C(Cl)C=C(Br)C=[C+]1. The quantitative estimate of drug-likeness (QED) is 0.537. The van der Waals surface area contributed by atoms with Gasteiger partial charge in [-0.25, -0.2) is 0 Å². The Kier molecular flexibility index (Phi) is 2.01. The lowest BCUT2D eigenvalue weighted by Gasteiger charge is -1.85. The van der Waals surface area contributed by atoms with Gasteiger partial charge in [0.1, 0.15) is 10.6 Å². The van der Waals surface area contributed by atoms with Gasteiger partial charge >= 0.3 is 5.83 Å². The van der Waals surface area contributed by atoms with E-state index in [0.29, 0.717) is 0 Å². The molecule has 0 amide bonds. The fourth-order valence-electron chi connectivity index (χ4n) is 0.427. The maximum Gasteiger partial charge on any atom is 0.304 e. The van der Waals surface area contributed by atoms with Gasteiger partial charge in [-0.3, -0.25) is 0 Å². The highest BCUT2D eigenvalue weighted by Gasteiger charge is 2.14. The third-order valence-corrected chi connectivity index (χ3v) is 1.54. The molecule has 0 aromatic heterocycles. The molecule has 1 aliphatic rings. The molecule has 0 nitrogen and oxygen atoms in total. The van der Waals surface area contributed by atoms with Crippen LogP contribution in [0, 0.1) is 6.08 Å². The first kappa shape index (κ1) is 6.94. The van der Waals surface area contributed by atoms with E-state index in [4.69, 9.17) is 11.6 Å². The Labute approximate surface area is 65.8 Å². The third-order valence-electron chi connectivity index (χ3n) is 0.811. The van der Waals surface area contributed by atoms with E-state index < -0.39 is 5.83 Å². The van der Waals surface area contributed by atoms with E-state index in [-0.39, 0.29) is 5.03 Å². The smallest absolute Gasteiger partial charge is 0.163 e. The zero-order valence-corrected chi connectivity index (χ0v) is 6.63. The Morgan fingerprint density at radius 3 is 2.78 bits per heavy atom. The van der Waals surface area contributed by atoms with Crippen molar-refractivity contribution in [3.05, 3.63) is 33.6 Å². The second-order valence-corrected chi connectivity index (χ2v) is 2.80. The van der Waals surface area contributed by atoms with Gasteiger partial charge in [-0.1, -0.05) is 0 Å². The van der Waals surface area contributed by atoms with Crippen LogP contribution in [0.4, 0.5) is 4.39 Å². The fraction of sp³-hybridized carbons (Fsp3) is 0. The van der Waals surface area contributed by atoms with Crippen molar-refractivity contribution in [2.24, 2.45) is 0 Å². The van der Waals surface area contributed by atoms with Gasteiger partial charge in [-0.15, -0.1) is 0 Å². The Morgan fingerprint density at radius 1 is 1.67 bits per heavy atom. The van der Waals surface area contributed by atoms with Crippen LogP contribution >= 0.6 is 27.5 Å². The summed E-state index contributed by atoms with van der Waals surface area (Å²) in [6.45, 7) is 0. The minimum Gasteiger partial charge on any atom is -0.163 e. The summed E-state index contributed by atoms with van der Waals surface area (Å²) in [5.74, 6) is -0.514. The molecule has 0 aliphatic heterocycles. The Hall–Kier alpha value is -0.170. The van der Waals surface area contributed by atoms with Crippen molar-refractivity contribution >= 4 is 27.5 Å². The van der Waals surface area contributed by atoms with Crippen molar-refractivity contribution in [2.45, 2.75) is 0 Å². The molecule has 9 heavy (non-hydrogen) atoms. The average molecular weight is 208 g/mol. The van der Waals surface area contributed by atoms with Gasteiger partial charge in [-0.05, 0) is 0 Å². The number of hydrogen-bond acceptors (Lipinski definition) is 0. The summed E-state index contributed by atoms with van der Waals surface area (Å²) in [7, 11) is 0. The van der Waals surface area contributed by atoms with Gasteiger partial charge in [0.15, 0.2) is 5.03 Å². The molecule has 0 fully saturated rings. The number of rotatable bonds is 0. The van der Waals surface area contributed by atoms with E-state index in [0.717, 1.165) is 4.48 Å². The van der Waals surface area contributed by atoms with Gasteiger partial charge < -0.3 is 0 Å². The summed E-state index contributed by atoms with van der Waals surface area (Å²) in [5, 5.41) is 0.0874. The van der Waals surface area contributed by atoms with Gasteiger partial charge in [0.05, 0.1) is 12.2 Å². The summed E-state index contributed by atoms with van der Waals surface area (Å²) in [6, 6.07) is 0. The van der Waals surface area contributed by atoms with Crippen molar-refractivity contribution in [3.8, 4) is 0 Å². The lowest BCUT2D eigenvalue weighted by molar-refractivity contribution is 0.656. The first-order valence-corrected chi connectivity index (χ1v) is 3.39. The molecule has 3 heteroatoms. The monoisotopic (exact) mass is 207 g/mol. The maximum absolute atomic E-state index is 12.3. The van der Waals surface area contributed by atoms with Gasteiger partial charge in [-0.2, -0.15) is 4.39 Å².